The number of hydrogen-bond acceptors (Lipinski definition) is 4. The Morgan fingerprint density at radius 2 is 2.17 bits per heavy atom. The van der Waals surface area contributed by atoms with Crippen LogP contribution in [-0.4, -0.2) is 38.1 Å². The average Bonchev–Trinajstić information content (AvgIpc) is 2.72. The van der Waals surface area contributed by atoms with E-state index in [1.807, 2.05) is 6.20 Å². The zero-order valence-corrected chi connectivity index (χ0v) is 11.7. The molecular weight excluding hydrogens is 295 g/mol. The minimum absolute atomic E-state index is 0.223. The van der Waals surface area contributed by atoms with Crippen molar-refractivity contribution in [3.8, 4) is 0 Å². The van der Waals surface area contributed by atoms with E-state index in [-0.39, 0.29) is 6.61 Å². The minimum Gasteiger partial charge on any atom is -0.394 e. The van der Waals surface area contributed by atoms with Gasteiger partial charge in [-0.1, -0.05) is 23.2 Å². The molecule has 0 saturated heterocycles. The predicted octanol–water partition coefficient (Wildman–Crippen LogP) is 2.23. The maximum absolute atomic E-state index is 9.22. The van der Waals surface area contributed by atoms with Crippen molar-refractivity contribution < 1.29 is 10.2 Å². The maximum atomic E-state index is 9.22. The van der Waals surface area contributed by atoms with Gasteiger partial charge in [-0.05, 0) is 6.07 Å². The number of thioether (sulfide) groups is 1. The van der Waals surface area contributed by atoms with Crippen LogP contribution in [0, 0.1) is 0 Å². The van der Waals surface area contributed by atoms with Crippen LogP contribution >= 0.6 is 35.0 Å². The highest BCUT2D eigenvalue weighted by molar-refractivity contribution is 7.98. The maximum Gasteiger partial charge on any atom is 0.155 e. The van der Waals surface area contributed by atoms with Crippen molar-refractivity contribution in [2.75, 3.05) is 12.4 Å². The number of rotatable bonds is 5. The van der Waals surface area contributed by atoms with Gasteiger partial charge in [0.2, 0.25) is 0 Å². The molecule has 1 atom stereocenters. The topological polar surface area (TPSA) is 57.8 Å². The van der Waals surface area contributed by atoms with Crippen LogP contribution in [0.25, 0.3) is 5.65 Å². The van der Waals surface area contributed by atoms with Crippen LogP contribution in [0.1, 0.15) is 5.69 Å². The van der Waals surface area contributed by atoms with Crippen LogP contribution in [-0.2, 0) is 5.75 Å². The van der Waals surface area contributed by atoms with Gasteiger partial charge in [0.05, 0.1) is 28.5 Å². The molecule has 0 amide bonds. The molecule has 2 rings (SSSR count). The molecule has 2 N–H and O–H groups in total. The Labute approximate surface area is 119 Å². The van der Waals surface area contributed by atoms with Crippen LogP contribution in [0.2, 0.25) is 10.0 Å². The molecule has 4 nitrogen and oxygen atoms in total. The summed E-state index contributed by atoms with van der Waals surface area (Å²) in [6.45, 7) is -0.223. The highest BCUT2D eigenvalue weighted by Gasteiger charge is 2.08. The summed E-state index contributed by atoms with van der Waals surface area (Å²) in [7, 11) is 0. The molecule has 2 heterocycles. The monoisotopic (exact) mass is 306 g/mol. The van der Waals surface area contributed by atoms with Gasteiger partial charge in [-0.15, -0.1) is 0 Å². The second kappa shape index (κ2) is 6.12. The Hall–Kier alpha value is -0.460. The number of hydrogen-bond donors (Lipinski definition) is 2. The molecule has 0 aliphatic heterocycles. The number of aromatic nitrogens is 2. The van der Waals surface area contributed by atoms with Gasteiger partial charge in [-0.2, -0.15) is 11.8 Å². The fourth-order valence-electron chi connectivity index (χ4n) is 1.50. The van der Waals surface area contributed by atoms with Crippen LogP contribution in [0.4, 0.5) is 0 Å². The summed E-state index contributed by atoms with van der Waals surface area (Å²) in [5.41, 5.74) is 1.52. The van der Waals surface area contributed by atoms with Crippen molar-refractivity contribution in [2.24, 2.45) is 0 Å². The van der Waals surface area contributed by atoms with Crippen molar-refractivity contribution >= 4 is 40.6 Å². The second-order valence-corrected chi connectivity index (χ2v) is 5.69. The van der Waals surface area contributed by atoms with Crippen molar-refractivity contribution in [1.82, 2.24) is 9.38 Å². The molecular formula is C11H12Cl2N2O2S. The van der Waals surface area contributed by atoms with Gasteiger partial charge in [0.25, 0.3) is 0 Å². The Bertz CT molecular complexity index is 547. The van der Waals surface area contributed by atoms with E-state index in [0.29, 0.717) is 27.2 Å². The zero-order chi connectivity index (χ0) is 13.1. The van der Waals surface area contributed by atoms with Gasteiger partial charge in [0, 0.05) is 23.9 Å². The molecule has 0 aliphatic carbocycles. The Balaban J connectivity index is 2.08. The summed E-state index contributed by atoms with van der Waals surface area (Å²) in [6, 6.07) is 1.65. The molecule has 0 unspecified atom stereocenters. The highest BCUT2D eigenvalue weighted by atomic mass is 35.5. The molecule has 0 saturated carbocycles. The standard InChI is InChI=1S/C11H12Cl2N2O2S/c12-7-1-10(13)11-14-8(3-15(11)2-7)5-18-6-9(17)4-16/h1-3,9,16-17H,4-6H2/t9-/m1/s1. The molecule has 2 aromatic rings. The first-order valence-corrected chi connectivity index (χ1v) is 7.20. The van der Waals surface area contributed by atoms with Gasteiger partial charge in [-0.3, -0.25) is 0 Å². The summed E-state index contributed by atoms with van der Waals surface area (Å²) >= 11 is 13.4. The van der Waals surface area contributed by atoms with E-state index < -0.39 is 6.10 Å². The van der Waals surface area contributed by atoms with E-state index in [2.05, 4.69) is 4.98 Å². The molecule has 0 fully saturated rings. The van der Waals surface area contributed by atoms with Crippen molar-refractivity contribution in [3.05, 3.63) is 34.2 Å². The largest absolute Gasteiger partial charge is 0.394 e. The molecule has 7 heteroatoms. The molecule has 18 heavy (non-hydrogen) atoms. The van der Waals surface area contributed by atoms with Crippen molar-refractivity contribution in [2.45, 2.75) is 11.9 Å². The third kappa shape index (κ3) is 3.30. The smallest absolute Gasteiger partial charge is 0.155 e. The quantitative estimate of drug-likeness (QED) is 0.889. The van der Waals surface area contributed by atoms with E-state index in [1.54, 1.807) is 16.7 Å². The molecule has 0 spiro atoms. The lowest BCUT2D eigenvalue weighted by Crippen LogP contribution is -2.14. The lowest BCUT2D eigenvalue weighted by Gasteiger charge is -2.04. The third-order valence-corrected chi connectivity index (χ3v) is 3.90. The van der Waals surface area contributed by atoms with Crippen LogP contribution in [0.5, 0.6) is 0 Å². The number of pyridine rings is 1. The van der Waals surface area contributed by atoms with E-state index in [1.165, 1.54) is 11.8 Å². The van der Waals surface area contributed by atoms with Crippen molar-refractivity contribution in [1.29, 1.82) is 0 Å². The van der Waals surface area contributed by atoms with E-state index in [0.717, 1.165) is 5.69 Å². The lowest BCUT2D eigenvalue weighted by molar-refractivity contribution is 0.113. The third-order valence-electron chi connectivity index (χ3n) is 2.29. The Kier molecular flexibility index (Phi) is 4.75. The SMILES string of the molecule is OC[C@@H](O)CSCc1cn2cc(Cl)cc(Cl)c2n1. The van der Waals surface area contributed by atoms with Gasteiger partial charge in [0.1, 0.15) is 0 Å². The van der Waals surface area contributed by atoms with Crippen LogP contribution in [0.15, 0.2) is 18.5 Å². The minimum atomic E-state index is -0.690. The Morgan fingerprint density at radius 3 is 2.89 bits per heavy atom. The second-order valence-electron chi connectivity index (χ2n) is 3.82. The summed E-state index contributed by atoms with van der Waals surface area (Å²) in [5, 5.41) is 19.0. The first-order valence-electron chi connectivity index (χ1n) is 5.29. The van der Waals surface area contributed by atoms with Crippen LogP contribution < -0.4 is 0 Å². The average molecular weight is 307 g/mol. The molecule has 0 aromatic carbocycles. The lowest BCUT2D eigenvalue weighted by atomic mass is 10.4. The first kappa shape index (κ1) is 14.0. The Morgan fingerprint density at radius 1 is 1.39 bits per heavy atom. The van der Waals surface area contributed by atoms with Crippen molar-refractivity contribution in [3.63, 3.8) is 0 Å². The number of aliphatic hydroxyl groups excluding tert-OH is 2. The summed E-state index contributed by atoms with van der Waals surface area (Å²) < 4.78 is 1.78. The van der Waals surface area contributed by atoms with E-state index in [9.17, 15) is 5.11 Å². The van der Waals surface area contributed by atoms with Gasteiger partial charge < -0.3 is 14.6 Å². The zero-order valence-electron chi connectivity index (χ0n) is 9.38. The van der Waals surface area contributed by atoms with Gasteiger partial charge in [0.15, 0.2) is 5.65 Å². The van der Waals surface area contributed by atoms with Gasteiger partial charge in [-0.25, -0.2) is 4.98 Å². The molecule has 0 aliphatic rings. The van der Waals surface area contributed by atoms with E-state index in [4.69, 9.17) is 28.3 Å². The van der Waals surface area contributed by atoms with E-state index >= 15 is 0 Å². The van der Waals surface area contributed by atoms with Gasteiger partial charge >= 0.3 is 0 Å². The molecule has 0 bridgehead atoms. The molecule has 98 valence electrons. The summed E-state index contributed by atoms with van der Waals surface area (Å²) in [4.78, 5) is 4.38. The molecule has 0 radical (unpaired) electrons. The molecule has 2 aromatic heterocycles. The number of aliphatic hydroxyl groups is 2. The fraction of sp³-hybridized carbons (Fsp3) is 0.364. The summed E-state index contributed by atoms with van der Waals surface area (Å²) in [5.74, 6) is 1.12. The predicted molar refractivity (Wildman–Crippen MR) is 74.5 cm³/mol. The number of fused-ring (bicyclic) bond motifs is 1. The fourth-order valence-corrected chi connectivity index (χ4v) is 2.87. The normalized spacial score (nSPS) is 13.1. The highest BCUT2D eigenvalue weighted by Crippen LogP contribution is 2.23. The number of halogens is 2. The number of imidazole rings is 1. The van der Waals surface area contributed by atoms with Crippen LogP contribution in [0.3, 0.4) is 0 Å². The first-order chi connectivity index (χ1) is 8.60. The summed E-state index contributed by atoms with van der Waals surface area (Å²) in [6.07, 6.45) is 2.91. The number of nitrogens with zero attached hydrogens (tertiary/aromatic N) is 2.